The van der Waals surface area contributed by atoms with Crippen LogP contribution in [-0.2, 0) is 0 Å². The van der Waals surface area contributed by atoms with Crippen LogP contribution in [0.1, 0.15) is 31.8 Å². The van der Waals surface area contributed by atoms with Gasteiger partial charge in [0.15, 0.2) is 11.6 Å². The summed E-state index contributed by atoms with van der Waals surface area (Å²) in [5.41, 5.74) is 1.88. The molecule has 0 fully saturated rings. The summed E-state index contributed by atoms with van der Waals surface area (Å²) in [5.74, 6) is -0.219. The van der Waals surface area contributed by atoms with E-state index in [1.54, 1.807) is 24.3 Å². The van der Waals surface area contributed by atoms with Crippen molar-refractivity contribution in [3.8, 4) is 0 Å². The third-order valence-corrected chi connectivity index (χ3v) is 7.30. The molecule has 0 unspecified atom stereocenters. The second kappa shape index (κ2) is 7.19. The van der Waals surface area contributed by atoms with Gasteiger partial charge in [0, 0.05) is 32.0 Å². The maximum atomic E-state index is 13.0. The van der Waals surface area contributed by atoms with Crippen molar-refractivity contribution in [3.05, 3.63) is 58.7 Å². The molecule has 22 heavy (non-hydrogen) atoms. The van der Waals surface area contributed by atoms with E-state index in [9.17, 15) is 9.59 Å². The van der Waals surface area contributed by atoms with E-state index < -0.39 is 0 Å². The molecule has 2 aromatic rings. The van der Waals surface area contributed by atoms with Gasteiger partial charge in [-0.3, -0.25) is 9.59 Å². The molecule has 8 heteroatoms. The molecule has 0 N–H and O–H groups in total. The van der Waals surface area contributed by atoms with E-state index in [2.05, 4.69) is 23.3 Å². The Bertz CT molecular complexity index is 712. The normalized spacial score (nSPS) is 13.0. The molecule has 0 bridgehead atoms. The summed E-state index contributed by atoms with van der Waals surface area (Å²) >= 11 is 8.25. The molecule has 0 atom stereocenters. The van der Waals surface area contributed by atoms with E-state index >= 15 is 0 Å². The maximum Gasteiger partial charge on any atom is 0.196 e. The molecule has 0 aromatic heterocycles. The standard InChI is InChI=1S/C14H8O2S6/c15-13-7-3-1-5-9(19-21-17)11(7)14(16)12-8(13)4-2-6-10(12)20-22-18/h1-6,17-18H. The Morgan fingerprint density at radius 2 is 1.14 bits per heavy atom. The zero-order valence-corrected chi connectivity index (χ0v) is 15.9. The van der Waals surface area contributed by atoms with E-state index in [-0.39, 0.29) is 11.6 Å². The van der Waals surface area contributed by atoms with Crippen molar-refractivity contribution in [2.75, 3.05) is 0 Å². The highest BCUT2D eigenvalue weighted by Gasteiger charge is 2.33. The summed E-state index contributed by atoms with van der Waals surface area (Å²) in [6.07, 6.45) is 0. The minimum atomic E-state index is -0.111. The molecular formula is C14H8O2S6. The molecule has 0 heterocycles. The number of hydrogen-bond acceptors (Lipinski definition) is 8. The van der Waals surface area contributed by atoms with Gasteiger partial charge in [-0.15, -0.1) is 0 Å². The lowest BCUT2D eigenvalue weighted by atomic mass is 9.84. The Morgan fingerprint density at radius 1 is 0.682 bits per heavy atom. The minimum absolute atomic E-state index is 0.108. The van der Waals surface area contributed by atoms with Gasteiger partial charge in [0.1, 0.15) is 0 Å². The zero-order valence-electron chi connectivity index (χ0n) is 10.8. The van der Waals surface area contributed by atoms with Crippen molar-refractivity contribution >= 4 is 76.1 Å². The van der Waals surface area contributed by atoms with E-state index in [4.69, 9.17) is 0 Å². The summed E-state index contributed by atoms with van der Waals surface area (Å²) in [4.78, 5) is 27.3. The molecule has 2 aromatic carbocycles. The monoisotopic (exact) mass is 400 g/mol. The highest BCUT2D eigenvalue weighted by Crippen LogP contribution is 2.43. The van der Waals surface area contributed by atoms with Crippen LogP contribution in [0, 0.1) is 0 Å². The molecule has 112 valence electrons. The number of fused-ring (bicyclic) bond motifs is 2. The lowest BCUT2D eigenvalue weighted by Crippen LogP contribution is -2.22. The Kier molecular flexibility index (Phi) is 5.47. The first-order valence-electron chi connectivity index (χ1n) is 6.00. The van der Waals surface area contributed by atoms with Crippen molar-refractivity contribution in [2.24, 2.45) is 0 Å². The van der Waals surface area contributed by atoms with Crippen molar-refractivity contribution in [1.82, 2.24) is 0 Å². The van der Waals surface area contributed by atoms with Crippen molar-refractivity contribution in [2.45, 2.75) is 9.79 Å². The summed E-state index contributed by atoms with van der Waals surface area (Å²) in [6, 6.07) is 10.7. The first-order valence-corrected chi connectivity index (χ1v) is 12.4. The SMILES string of the molecule is O=C1c2cccc(SSS)c2C(=O)c2c(SSS)cccc21. The first kappa shape index (κ1) is 16.7. The third kappa shape index (κ3) is 2.85. The Balaban J connectivity index is 2.24. The van der Waals surface area contributed by atoms with Crippen molar-refractivity contribution in [3.63, 3.8) is 0 Å². The van der Waals surface area contributed by atoms with Crippen LogP contribution in [0.25, 0.3) is 0 Å². The van der Waals surface area contributed by atoms with Crippen LogP contribution in [-0.4, -0.2) is 11.6 Å². The topological polar surface area (TPSA) is 34.1 Å². The van der Waals surface area contributed by atoms with Gasteiger partial charge in [-0.1, -0.05) is 47.6 Å². The van der Waals surface area contributed by atoms with E-state index in [0.29, 0.717) is 22.3 Å². The number of ketones is 2. The van der Waals surface area contributed by atoms with E-state index in [1.165, 1.54) is 41.2 Å². The maximum absolute atomic E-state index is 13.0. The molecule has 0 aliphatic heterocycles. The van der Waals surface area contributed by atoms with Gasteiger partial charge in [0.25, 0.3) is 0 Å². The molecule has 0 spiro atoms. The van der Waals surface area contributed by atoms with Crippen molar-refractivity contribution in [1.29, 1.82) is 0 Å². The van der Waals surface area contributed by atoms with E-state index in [1.807, 2.05) is 12.1 Å². The zero-order chi connectivity index (χ0) is 15.7. The lowest BCUT2D eigenvalue weighted by Gasteiger charge is -2.21. The van der Waals surface area contributed by atoms with Gasteiger partial charge in [0.2, 0.25) is 0 Å². The number of carbonyl (C=O) groups is 2. The Morgan fingerprint density at radius 3 is 1.55 bits per heavy atom. The Labute approximate surface area is 153 Å². The fraction of sp³-hybridized carbons (Fsp3) is 0. The highest BCUT2D eigenvalue weighted by molar-refractivity contribution is 9.05. The molecule has 1 aliphatic rings. The number of thiol groups is 2. The minimum Gasteiger partial charge on any atom is -0.289 e. The van der Waals surface area contributed by atoms with Crippen LogP contribution in [0.5, 0.6) is 0 Å². The highest BCUT2D eigenvalue weighted by atomic mass is 33.5. The summed E-state index contributed by atoms with van der Waals surface area (Å²) in [6.45, 7) is 0. The van der Waals surface area contributed by atoms with Crippen LogP contribution in [0.3, 0.4) is 0 Å². The van der Waals surface area contributed by atoms with Crippen LogP contribution in [0.2, 0.25) is 0 Å². The van der Waals surface area contributed by atoms with Crippen LogP contribution < -0.4 is 0 Å². The average molecular weight is 401 g/mol. The predicted octanol–water partition coefficient (Wildman–Crippen LogP) is 5.63. The predicted molar refractivity (Wildman–Crippen MR) is 105 cm³/mol. The molecule has 2 nitrogen and oxygen atoms in total. The van der Waals surface area contributed by atoms with Crippen molar-refractivity contribution < 1.29 is 9.59 Å². The van der Waals surface area contributed by atoms with Crippen LogP contribution in [0.4, 0.5) is 0 Å². The van der Waals surface area contributed by atoms with Gasteiger partial charge in [0.05, 0.1) is 0 Å². The average Bonchev–Trinajstić information content (AvgIpc) is 2.53. The van der Waals surface area contributed by atoms with Gasteiger partial charge < -0.3 is 0 Å². The number of hydrogen-bond donors (Lipinski definition) is 2. The summed E-state index contributed by atoms with van der Waals surface area (Å²) in [7, 11) is 5.25. The Hall–Kier alpha value is -0.120. The largest absolute Gasteiger partial charge is 0.289 e. The van der Waals surface area contributed by atoms with Gasteiger partial charge in [-0.2, -0.15) is 0 Å². The quantitative estimate of drug-likeness (QED) is 0.436. The molecule has 1 aliphatic carbocycles. The fourth-order valence-corrected chi connectivity index (χ4v) is 6.16. The van der Waals surface area contributed by atoms with Gasteiger partial charge in [-0.25, -0.2) is 0 Å². The molecule has 0 saturated carbocycles. The molecule has 0 amide bonds. The molecule has 0 saturated heterocycles. The smallest absolute Gasteiger partial charge is 0.196 e. The van der Waals surface area contributed by atoms with Gasteiger partial charge >= 0.3 is 0 Å². The molecule has 3 rings (SSSR count). The third-order valence-electron chi connectivity index (χ3n) is 3.25. The fourth-order valence-electron chi connectivity index (χ4n) is 2.40. The van der Waals surface area contributed by atoms with Crippen LogP contribution in [0.15, 0.2) is 46.2 Å². The van der Waals surface area contributed by atoms with Gasteiger partial charge in [-0.05, 0) is 53.4 Å². The summed E-state index contributed by atoms with van der Waals surface area (Å²) in [5, 5.41) is 0. The second-order valence-electron chi connectivity index (χ2n) is 4.33. The molecule has 0 radical (unpaired) electrons. The van der Waals surface area contributed by atoms with E-state index in [0.717, 1.165) is 9.79 Å². The van der Waals surface area contributed by atoms with Crippen LogP contribution >= 0.6 is 64.6 Å². The second-order valence-corrected chi connectivity index (χ2v) is 10.4. The first-order chi connectivity index (χ1) is 10.7. The number of benzene rings is 2. The number of carbonyl (C=O) groups excluding carboxylic acids is 2. The molecular weight excluding hydrogens is 393 g/mol. The lowest BCUT2D eigenvalue weighted by molar-refractivity contribution is 0.0974. The summed E-state index contributed by atoms with van der Waals surface area (Å²) < 4.78 is 0. The number of rotatable bonds is 4.